The number of rotatable bonds is 9. The van der Waals surface area contributed by atoms with E-state index in [0.717, 1.165) is 23.9 Å². The van der Waals surface area contributed by atoms with E-state index in [-0.39, 0.29) is 0 Å². The third-order valence-corrected chi connectivity index (χ3v) is 2.87. The van der Waals surface area contributed by atoms with Gasteiger partial charge in [0.25, 0.3) is 0 Å². The molecule has 0 aliphatic carbocycles. The molecule has 0 aliphatic heterocycles. The summed E-state index contributed by atoms with van der Waals surface area (Å²) >= 11 is 4.14. The molecule has 2 heteroatoms. The minimum atomic E-state index is 0.673. The third-order valence-electron chi connectivity index (χ3n) is 2.43. The zero-order chi connectivity index (χ0) is 10.8. The lowest BCUT2D eigenvalue weighted by molar-refractivity contribution is 0.112. The largest absolute Gasteiger partial charge is 0.377 e. The maximum atomic E-state index is 5.59. The molecule has 1 nitrogen and oxygen atoms in total. The molecule has 0 amide bonds. The summed E-state index contributed by atoms with van der Waals surface area (Å²) in [6.45, 7) is 9.87. The normalized spacial score (nSPS) is 12.8. The maximum absolute atomic E-state index is 5.59. The highest BCUT2D eigenvalue weighted by Gasteiger charge is 2.05. The Kier molecular flexibility index (Phi) is 9.63. The highest BCUT2D eigenvalue weighted by atomic mass is 32.1. The average Bonchev–Trinajstić information content (AvgIpc) is 2.22. The lowest BCUT2D eigenvalue weighted by Crippen LogP contribution is -2.10. The van der Waals surface area contributed by atoms with Crippen LogP contribution in [0.15, 0.2) is 12.2 Å². The minimum absolute atomic E-state index is 0.673. The van der Waals surface area contributed by atoms with Gasteiger partial charge in [-0.15, -0.1) is 0 Å². The van der Waals surface area contributed by atoms with Crippen LogP contribution in [0.2, 0.25) is 0 Å². The van der Waals surface area contributed by atoms with Crippen LogP contribution in [0.3, 0.4) is 0 Å². The zero-order valence-electron chi connectivity index (χ0n) is 9.59. The molecule has 0 aromatic carbocycles. The summed E-state index contributed by atoms with van der Waals surface area (Å²) in [6.07, 6.45) is 5.10. The molecule has 0 bridgehead atoms. The molecule has 0 rings (SSSR count). The average molecular weight is 216 g/mol. The second kappa shape index (κ2) is 9.60. The summed E-state index contributed by atoms with van der Waals surface area (Å²) in [4.78, 5) is 0. The number of ether oxygens (including phenoxy) is 1. The Labute approximate surface area is 94.3 Å². The molecule has 14 heavy (non-hydrogen) atoms. The van der Waals surface area contributed by atoms with Crippen LogP contribution in [0.1, 0.15) is 39.5 Å². The van der Waals surface area contributed by atoms with Crippen LogP contribution >= 0.6 is 12.6 Å². The van der Waals surface area contributed by atoms with Crippen LogP contribution in [0.5, 0.6) is 0 Å². The van der Waals surface area contributed by atoms with Crippen molar-refractivity contribution in [2.45, 2.75) is 39.5 Å². The molecule has 0 aromatic rings. The van der Waals surface area contributed by atoms with Gasteiger partial charge in [-0.3, -0.25) is 0 Å². The zero-order valence-corrected chi connectivity index (χ0v) is 10.5. The number of unbranched alkanes of at least 4 members (excludes halogenated alkanes) is 1. The van der Waals surface area contributed by atoms with Crippen LogP contribution in [-0.4, -0.2) is 19.0 Å². The standard InChI is InChI=1S/C12H24OS/c1-4-6-7-12(5-2)9-13-8-11(3)10-14/h12,14H,3-10H2,1-2H3. The van der Waals surface area contributed by atoms with Crippen LogP contribution in [0.25, 0.3) is 0 Å². The van der Waals surface area contributed by atoms with Crippen molar-refractivity contribution in [1.82, 2.24) is 0 Å². The van der Waals surface area contributed by atoms with Crippen LogP contribution in [0.4, 0.5) is 0 Å². The molecule has 0 N–H and O–H groups in total. The summed E-state index contributed by atoms with van der Waals surface area (Å²) < 4.78 is 5.59. The number of hydrogen-bond acceptors (Lipinski definition) is 2. The Morgan fingerprint density at radius 2 is 2.14 bits per heavy atom. The van der Waals surface area contributed by atoms with Crippen molar-refractivity contribution in [3.63, 3.8) is 0 Å². The fourth-order valence-electron chi connectivity index (χ4n) is 1.31. The van der Waals surface area contributed by atoms with E-state index in [0.29, 0.717) is 6.61 Å². The van der Waals surface area contributed by atoms with E-state index in [1.165, 1.54) is 25.7 Å². The van der Waals surface area contributed by atoms with Crippen molar-refractivity contribution < 1.29 is 4.74 Å². The second-order valence-electron chi connectivity index (χ2n) is 3.84. The van der Waals surface area contributed by atoms with E-state index in [9.17, 15) is 0 Å². The van der Waals surface area contributed by atoms with Crippen molar-refractivity contribution in [2.24, 2.45) is 5.92 Å². The van der Waals surface area contributed by atoms with Gasteiger partial charge in [-0.2, -0.15) is 12.6 Å². The molecule has 0 aromatic heterocycles. The highest BCUT2D eigenvalue weighted by molar-refractivity contribution is 7.80. The second-order valence-corrected chi connectivity index (χ2v) is 4.16. The van der Waals surface area contributed by atoms with Crippen LogP contribution < -0.4 is 0 Å². The molecule has 84 valence electrons. The molecule has 0 spiro atoms. The van der Waals surface area contributed by atoms with Crippen LogP contribution in [-0.2, 0) is 4.74 Å². The van der Waals surface area contributed by atoms with E-state index in [4.69, 9.17) is 4.74 Å². The summed E-state index contributed by atoms with van der Waals surface area (Å²) in [5, 5.41) is 0. The topological polar surface area (TPSA) is 9.23 Å². The number of thiol groups is 1. The van der Waals surface area contributed by atoms with Gasteiger partial charge in [0.1, 0.15) is 0 Å². The number of hydrogen-bond donors (Lipinski definition) is 1. The first-order valence-corrected chi connectivity index (χ1v) is 6.23. The first-order valence-electron chi connectivity index (χ1n) is 5.59. The van der Waals surface area contributed by atoms with Gasteiger partial charge in [-0.25, -0.2) is 0 Å². The Morgan fingerprint density at radius 1 is 1.43 bits per heavy atom. The smallest absolute Gasteiger partial charge is 0.0682 e. The van der Waals surface area contributed by atoms with E-state index in [2.05, 4.69) is 33.1 Å². The maximum Gasteiger partial charge on any atom is 0.0682 e. The van der Waals surface area contributed by atoms with Gasteiger partial charge in [0.15, 0.2) is 0 Å². The van der Waals surface area contributed by atoms with E-state index >= 15 is 0 Å². The Bertz CT molecular complexity index is 145. The Hall–Kier alpha value is 0.0500. The van der Waals surface area contributed by atoms with Gasteiger partial charge in [-0.1, -0.05) is 39.7 Å². The third kappa shape index (κ3) is 7.45. The molecule has 0 saturated heterocycles. The molecular formula is C12H24OS. The van der Waals surface area contributed by atoms with Crippen molar-refractivity contribution in [3.05, 3.63) is 12.2 Å². The Balaban J connectivity index is 3.46. The summed E-state index contributed by atoms with van der Waals surface area (Å²) in [5.74, 6) is 1.45. The first-order chi connectivity index (χ1) is 6.74. The fraction of sp³-hybridized carbons (Fsp3) is 0.833. The summed E-state index contributed by atoms with van der Waals surface area (Å²) in [5.41, 5.74) is 1.07. The Morgan fingerprint density at radius 3 is 2.64 bits per heavy atom. The van der Waals surface area contributed by atoms with Gasteiger partial charge < -0.3 is 4.74 Å². The lowest BCUT2D eigenvalue weighted by Gasteiger charge is -2.14. The molecule has 1 atom stereocenters. The molecule has 1 unspecified atom stereocenters. The van der Waals surface area contributed by atoms with Crippen molar-refractivity contribution in [1.29, 1.82) is 0 Å². The van der Waals surface area contributed by atoms with Gasteiger partial charge in [0.2, 0.25) is 0 Å². The summed E-state index contributed by atoms with van der Waals surface area (Å²) in [6, 6.07) is 0. The first kappa shape index (κ1) is 14.1. The molecule has 0 radical (unpaired) electrons. The van der Waals surface area contributed by atoms with E-state index in [1.807, 2.05) is 0 Å². The highest BCUT2D eigenvalue weighted by Crippen LogP contribution is 2.13. The SMILES string of the molecule is C=C(CS)COCC(CC)CCCC. The molecule has 0 heterocycles. The van der Waals surface area contributed by atoms with Crippen molar-refractivity contribution in [3.8, 4) is 0 Å². The van der Waals surface area contributed by atoms with Crippen molar-refractivity contribution in [2.75, 3.05) is 19.0 Å². The quantitative estimate of drug-likeness (QED) is 0.457. The van der Waals surface area contributed by atoms with E-state index in [1.54, 1.807) is 0 Å². The molecule has 0 fully saturated rings. The molecule has 0 saturated carbocycles. The van der Waals surface area contributed by atoms with Gasteiger partial charge in [0, 0.05) is 12.4 Å². The van der Waals surface area contributed by atoms with Crippen molar-refractivity contribution >= 4 is 12.6 Å². The predicted octanol–water partition coefficient (Wildman–Crippen LogP) is 3.71. The molecular weight excluding hydrogens is 192 g/mol. The van der Waals surface area contributed by atoms with Gasteiger partial charge in [-0.05, 0) is 17.9 Å². The monoisotopic (exact) mass is 216 g/mol. The van der Waals surface area contributed by atoms with E-state index < -0.39 is 0 Å². The summed E-state index contributed by atoms with van der Waals surface area (Å²) in [7, 11) is 0. The predicted molar refractivity (Wildman–Crippen MR) is 67.1 cm³/mol. The van der Waals surface area contributed by atoms with Gasteiger partial charge in [0.05, 0.1) is 6.61 Å². The minimum Gasteiger partial charge on any atom is -0.377 e. The lowest BCUT2D eigenvalue weighted by atomic mass is 10.0. The molecule has 0 aliphatic rings. The van der Waals surface area contributed by atoms with Gasteiger partial charge >= 0.3 is 0 Å². The fourth-order valence-corrected chi connectivity index (χ4v) is 1.40. The van der Waals surface area contributed by atoms with Crippen LogP contribution in [0, 0.1) is 5.92 Å².